The number of anilines is 3. The summed E-state index contributed by atoms with van der Waals surface area (Å²) in [5.74, 6) is -0.282. The van der Waals surface area contributed by atoms with Crippen molar-refractivity contribution >= 4 is 39.8 Å². The lowest BCUT2D eigenvalue weighted by molar-refractivity contribution is -0.129. The first-order chi connectivity index (χ1) is 22.9. The number of benzene rings is 5. The monoisotopic (exact) mass is 626 g/mol. The SMILES string of the molecule is Cc1cc(C)c(N2c3ccccc3C3(c4ccccc4-c4ccccc43)c3cc(/C=C(\C#N)C(=O)Oc4ccccc4)sc32)c(C)c1. The Morgan fingerprint density at radius 3 is 1.96 bits per heavy atom. The van der Waals surface area contributed by atoms with E-state index in [0.29, 0.717) is 5.75 Å². The fourth-order valence-corrected chi connectivity index (χ4v) is 8.82. The summed E-state index contributed by atoms with van der Waals surface area (Å²) < 4.78 is 5.58. The Labute approximate surface area is 278 Å². The van der Waals surface area contributed by atoms with Crippen molar-refractivity contribution in [3.8, 4) is 22.9 Å². The molecule has 0 saturated carbocycles. The summed E-state index contributed by atoms with van der Waals surface area (Å²) in [4.78, 5) is 16.4. The number of esters is 1. The van der Waals surface area contributed by atoms with Crippen molar-refractivity contribution in [1.82, 2.24) is 0 Å². The van der Waals surface area contributed by atoms with Crippen molar-refractivity contribution < 1.29 is 9.53 Å². The van der Waals surface area contributed by atoms with Crippen LogP contribution < -0.4 is 9.64 Å². The molecule has 1 aromatic heterocycles. The van der Waals surface area contributed by atoms with Crippen LogP contribution >= 0.6 is 11.3 Å². The van der Waals surface area contributed by atoms with Gasteiger partial charge in [0.15, 0.2) is 0 Å². The first-order valence-corrected chi connectivity index (χ1v) is 16.4. The van der Waals surface area contributed by atoms with E-state index in [1.807, 2.05) is 6.07 Å². The minimum atomic E-state index is -0.679. The van der Waals surface area contributed by atoms with E-state index in [-0.39, 0.29) is 5.57 Å². The molecule has 4 nitrogen and oxygen atoms in total. The minimum absolute atomic E-state index is 0.0551. The summed E-state index contributed by atoms with van der Waals surface area (Å²) in [6, 6.07) is 43.7. The third-order valence-corrected chi connectivity index (χ3v) is 10.3. The predicted octanol–water partition coefficient (Wildman–Crippen LogP) is 10.3. The van der Waals surface area contributed by atoms with Crippen molar-refractivity contribution in [1.29, 1.82) is 5.26 Å². The van der Waals surface area contributed by atoms with Gasteiger partial charge in [0.25, 0.3) is 0 Å². The predicted molar refractivity (Wildman–Crippen MR) is 190 cm³/mol. The number of para-hydroxylation sites is 2. The van der Waals surface area contributed by atoms with Gasteiger partial charge in [0.2, 0.25) is 0 Å². The Balaban J connectivity index is 1.42. The van der Waals surface area contributed by atoms with Gasteiger partial charge in [-0.3, -0.25) is 0 Å². The molecule has 0 N–H and O–H groups in total. The van der Waals surface area contributed by atoms with E-state index in [0.717, 1.165) is 26.8 Å². The van der Waals surface area contributed by atoms with E-state index in [2.05, 4.69) is 123 Å². The van der Waals surface area contributed by atoms with Crippen molar-refractivity contribution in [3.63, 3.8) is 0 Å². The van der Waals surface area contributed by atoms with Crippen LogP contribution in [0.4, 0.5) is 16.4 Å². The highest BCUT2D eigenvalue weighted by molar-refractivity contribution is 7.17. The van der Waals surface area contributed by atoms with Gasteiger partial charge in [-0.2, -0.15) is 5.26 Å². The lowest BCUT2D eigenvalue weighted by Gasteiger charge is -2.44. The summed E-state index contributed by atoms with van der Waals surface area (Å²) in [7, 11) is 0. The van der Waals surface area contributed by atoms with Gasteiger partial charge in [-0.15, -0.1) is 11.3 Å². The van der Waals surface area contributed by atoms with Crippen molar-refractivity contribution in [2.45, 2.75) is 26.2 Å². The molecule has 0 saturated heterocycles. The Morgan fingerprint density at radius 1 is 0.745 bits per heavy atom. The molecule has 8 rings (SSSR count). The van der Waals surface area contributed by atoms with Gasteiger partial charge in [0.05, 0.1) is 16.8 Å². The van der Waals surface area contributed by atoms with Crippen LogP contribution in [0.5, 0.6) is 5.75 Å². The molecule has 0 unspecified atom stereocenters. The lowest BCUT2D eigenvalue weighted by Crippen LogP contribution is -2.35. The van der Waals surface area contributed by atoms with Gasteiger partial charge in [0.1, 0.15) is 22.4 Å². The zero-order valence-electron chi connectivity index (χ0n) is 26.2. The van der Waals surface area contributed by atoms with E-state index in [1.165, 1.54) is 44.5 Å². The third kappa shape index (κ3) is 4.30. The van der Waals surface area contributed by atoms with E-state index in [4.69, 9.17) is 4.74 Å². The number of hydrogen-bond donors (Lipinski definition) is 0. The van der Waals surface area contributed by atoms with Crippen LogP contribution in [0.25, 0.3) is 17.2 Å². The molecule has 5 aromatic carbocycles. The smallest absolute Gasteiger partial charge is 0.354 e. The lowest BCUT2D eigenvalue weighted by atomic mass is 9.66. The standard InChI is InChI=1S/C42H30N2O2S/c1-26-21-27(2)39(28(3)22-26)44-38-20-12-11-19-36(38)42(34-17-9-7-15-32(34)33-16-8-10-18-35(33)42)37-24-31(47-40(37)44)23-29(25-43)41(45)46-30-13-5-4-6-14-30/h4-24H,1-3H3/b29-23+. The van der Waals surface area contributed by atoms with Crippen LogP contribution in [0.3, 0.4) is 0 Å². The molecule has 1 aliphatic heterocycles. The van der Waals surface area contributed by atoms with Gasteiger partial charge in [0, 0.05) is 10.4 Å². The van der Waals surface area contributed by atoms with E-state index < -0.39 is 11.4 Å². The third-order valence-electron chi connectivity index (χ3n) is 9.28. The Kier molecular flexibility index (Phi) is 6.72. The van der Waals surface area contributed by atoms with Gasteiger partial charge in [-0.1, -0.05) is 103 Å². The maximum Gasteiger partial charge on any atom is 0.354 e. The summed E-state index contributed by atoms with van der Waals surface area (Å²) in [5.41, 5.74) is 12.4. The van der Waals surface area contributed by atoms with E-state index in [1.54, 1.807) is 41.7 Å². The van der Waals surface area contributed by atoms with Crippen LogP contribution in [-0.4, -0.2) is 5.97 Å². The zero-order valence-corrected chi connectivity index (χ0v) is 27.1. The first kappa shape index (κ1) is 28.8. The quantitative estimate of drug-likeness (QED) is 0.0844. The van der Waals surface area contributed by atoms with Crippen molar-refractivity contribution in [3.05, 3.63) is 171 Å². The number of hydrogen-bond acceptors (Lipinski definition) is 5. The molecule has 5 heteroatoms. The molecule has 2 heterocycles. The Bertz CT molecular complexity index is 2240. The minimum Gasteiger partial charge on any atom is -0.422 e. The maximum atomic E-state index is 13.2. The number of aryl methyl sites for hydroxylation is 3. The molecular weight excluding hydrogens is 597 g/mol. The molecular formula is C42H30N2O2S. The summed E-state index contributed by atoms with van der Waals surface area (Å²) >= 11 is 1.59. The average molecular weight is 627 g/mol. The van der Waals surface area contributed by atoms with Crippen LogP contribution in [0, 0.1) is 32.1 Å². The highest BCUT2D eigenvalue weighted by atomic mass is 32.1. The molecule has 0 atom stereocenters. The Morgan fingerprint density at radius 2 is 1.32 bits per heavy atom. The van der Waals surface area contributed by atoms with Gasteiger partial charge < -0.3 is 9.64 Å². The van der Waals surface area contributed by atoms with Crippen LogP contribution in [0.1, 0.15) is 43.8 Å². The molecule has 1 aliphatic carbocycles. The van der Waals surface area contributed by atoms with Gasteiger partial charge in [-0.05, 0) is 90.1 Å². The number of thiophene rings is 1. The van der Waals surface area contributed by atoms with E-state index >= 15 is 0 Å². The summed E-state index contributed by atoms with van der Waals surface area (Å²) in [6.45, 7) is 6.47. The molecule has 1 spiro atoms. The second kappa shape index (κ2) is 11.0. The molecule has 226 valence electrons. The molecule has 47 heavy (non-hydrogen) atoms. The number of rotatable bonds is 4. The summed E-state index contributed by atoms with van der Waals surface area (Å²) in [5, 5.41) is 11.2. The number of carbonyl (C=O) groups is 1. The highest BCUT2D eigenvalue weighted by Gasteiger charge is 2.52. The fourth-order valence-electron chi connectivity index (χ4n) is 7.64. The van der Waals surface area contributed by atoms with Gasteiger partial charge >= 0.3 is 5.97 Å². The van der Waals surface area contributed by atoms with Crippen LogP contribution in [-0.2, 0) is 10.2 Å². The fraction of sp³-hybridized carbons (Fsp3) is 0.0952. The number of nitrogens with zero attached hydrogens (tertiary/aromatic N) is 2. The largest absolute Gasteiger partial charge is 0.422 e. The number of carbonyl (C=O) groups excluding carboxylic acids is 1. The first-order valence-electron chi connectivity index (χ1n) is 15.6. The molecule has 0 amide bonds. The van der Waals surface area contributed by atoms with Crippen LogP contribution in [0.2, 0.25) is 0 Å². The van der Waals surface area contributed by atoms with Gasteiger partial charge in [-0.25, -0.2) is 4.79 Å². The number of fused-ring (bicyclic) bond motifs is 9. The van der Waals surface area contributed by atoms with Crippen molar-refractivity contribution in [2.24, 2.45) is 0 Å². The number of nitriles is 1. The molecule has 0 bridgehead atoms. The molecule has 6 aromatic rings. The Hall–Kier alpha value is -5.70. The normalized spacial score (nSPS) is 13.7. The van der Waals surface area contributed by atoms with E-state index in [9.17, 15) is 10.1 Å². The average Bonchev–Trinajstić information content (AvgIpc) is 3.63. The highest BCUT2D eigenvalue weighted by Crippen LogP contribution is 2.65. The zero-order chi connectivity index (χ0) is 32.3. The number of ether oxygens (including phenoxy) is 1. The molecule has 0 radical (unpaired) electrons. The molecule has 0 fully saturated rings. The van der Waals surface area contributed by atoms with Crippen LogP contribution in [0.15, 0.2) is 127 Å². The topological polar surface area (TPSA) is 53.3 Å². The van der Waals surface area contributed by atoms with Crippen molar-refractivity contribution in [2.75, 3.05) is 4.90 Å². The second-order valence-corrected chi connectivity index (χ2v) is 13.2. The summed E-state index contributed by atoms with van der Waals surface area (Å²) in [6.07, 6.45) is 1.67. The maximum absolute atomic E-state index is 13.2. The molecule has 2 aliphatic rings. The second-order valence-electron chi connectivity index (χ2n) is 12.2.